The quantitative estimate of drug-likeness (QED) is 0.643. The van der Waals surface area contributed by atoms with Gasteiger partial charge in [-0.1, -0.05) is 15.9 Å². The second-order valence-electron chi connectivity index (χ2n) is 6.40. The molecule has 7 nitrogen and oxygen atoms in total. The van der Waals surface area contributed by atoms with E-state index in [1.807, 2.05) is 0 Å². The average molecular weight is 472 g/mol. The van der Waals surface area contributed by atoms with Gasteiger partial charge < -0.3 is 0 Å². The largest absolute Gasteiger partial charge is 0.243 e. The van der Waals surface area contributed by atoms with Gasteiger partial charge in [0.25, 0.3) is 0 Å². The molecular formula is C14H18BrNO6S3. The Morgan fingerprint density at radius 1 is 0.880 bits per heavy atom. The van der Waals surface area contributed by atoms with Crippen LogP contribution in [0.2, 0.25) is 0 Å². The van der Waals surface area contributed by atoms with E-state index in [1.165, 1.54) is 12.1 Å². The molecule has 0 spiro atoms. The number of hydrogen-bond donors (Lipinski definition) is 0. The van der Waals surface area contributed by atoms with E-state index in [0.29, 0.717) is 4.47 Å². The lowest BCUT2D eigenvalue weighted by molar-refractivity contribution is 0.280. The van der Waals surface area contributed by atoms with Crippen molar-refractivity contribution in [3.63, 3.8) is 0 Å². The number of benzene rings is 1. The fourth-order valence-electron chi connectivity index (χ4n) is 3.37. The van der Waals surface area contributed by atoms with Crippen LogP contribution in [0.25, 0.3) is 0 Å². The van der Waals surface area contributed by atoms with E-state index < -0.39 is 41.8 Å². The van der Waals surface area contributed by atoms with E-state index >= 15 is 0 Å². The van der Waals surface area contributed by atoms with Crippen LogP contribution in [-0.2, 0) is 29.7 Å². The molecule has 0 N–H and O–H groups in total. The van der Waals surface area contributed by atoms with Crippen LogP contribution >= 0.6 is 15.9 Å². The molecule has 25 heavy (non-hydrogen) atoms. The van der Waals surface area contributed by atoms with Crippen LogP contribution in [-0.4, -0.2) is 64.7 Å². The zero-order valence-electron chi connectivity index (χ0n) is 13.2. The van der Waals surface area contributed by atoms with Crippen molar-refractivity contribution in [1.82, 2.24) is 4.31 Å². The molecule has 0 bridgehead atoms. The minimum atomic E-state index is -4.00. The van der Waals surface area contributed by atoms with Crippen molar-refractivity contribution in [1.29, 1.82) is 0 Å². The average Bonchev–Trinajstić information content (AvgIpc) is 3.02. The van der Waals surface area contributed by atoms with Crippen LogP contribution in [0.15, 0.2) is 33.6 Å². The second-order valence-corrected chi connectivity index (χ2v) is 13.6. The Labute approximate surface area is 156 Å². The van der Waals surface area contributed by atoms with Gasteiger partial charge in [0.2, 0.25) is 10.0 Å². The number of halogens is 1. The van der Waals surface area contributed by atoms with Gasteiger partial charge in [-0.2, -0.15) is 4.31 Å². The molecule has 2 saturated heterocycles. The Balaban J connectivity index is 2.03. The minimum Gasteiger partial charge on any atom is -0.229 e. The van der Waals surface area contributed by atoms with Gasteiger partial charge in [-0.05, 0) is 37.1 Å². The summed E-state index contributed by atoms with van der Waals surface area (Å²) in [7, 11) is -10.6. The lowest BCUT2D eigenvalue weighted by Crippen LogP contribution is -2.48. The van der Waals surface area contributed by atoms with Crippen LogP contribution in [0.5, 0.6) is 0 Å². The summed E-state index contributed by atoms with van der Waals surface area (Å²) < 4.78 is 75.6. The highest BCUT2D eigenvalue weighted by atomic mass is 79.9. The summed E-state index contributed by atoms with van der Waals surface area (Å²) in [6.45, 7) is 0. The molecule has 2 atom stereocenters. The molecule has 1 aromatic carbocycles. The Morgan fingerprint density at radius 2 is 1.32 bits per heavy atom. The topological polar surface area (TPSA) is 106 Å². The van der Waals surface area contributed by atoms with Crippen LogP contribution in [0, 0.1) is 0 Å². The van der Waals surface area contributed by atoms with Crippen molar-refractivity contribution in [2.24, 2.45) is 0 Å². The van der Waals surface area contributed by atoms with Gasteiger partial charge in [0.05, 0.1) is 27.9 Å². The molecule has 2 heterocycles. The molecule has 0 saturated carbocycles. The molecule has 140 valence electrons. The summed E-state index contributed by atoms with van der Waals surface area (Å²) in [5.41, 5.74) is 0. The van der Waals surface area contributed by atoms with Crippen molar-refractivity contribution >= 4 is 45.6 Å². The minimum absolute atomic E-state index is 0.0318. The fraction of sp³-hybridized carbons (Fsp3) is 0.571. The Morgan fingerprint density at radius 3 is 1.68 bits per heavy atom. The fourth-order valence-corrected chi connectivity index (χ4v) is 9.12. The van der Waals surface area contributed by atoms with E-state index in [4.69, 9.17) is 0 Å². The SMILES string of the molecule is O=S1(=O)CC[C@@H](N([C@@H]2CCS(=O)(=O)C2)S(=O)(=O)c2ccc(Br)cc2)C1. The summed E-state index contributed by atoms with van der Waals surface area (Å²) in [6.07, 6.45) is 0.378. The van der Waals surface area contributed by atoms with Crippen molar-refractivity contribution in [3.8, 4) is 0 Å². The summed E-state index contributed by atoms with van der Waals surface area (Å²) >= 11 is 3.24. The Hall–Kier alpha value is -0.490. The molecule has 0 aromatic heterocycles. The molecule has 11 heteroatoms. The molecule has 0 radical (unpaired) electrons. The Bertz CT molecular complexity index is 926. The molecule has 2 aliphatic heterocycles. The van der Waals surface area contributed by atoms with Gasteiger partial charge in [0.1, 0.15) is 0 Å². The highest BCUT2D eigenvalue weighted by molar-refractivity contribution is 9.10. The van der Waals surface area contributed by atoms with E-state index in [2.05, 4.69) is 15.9 Å². The molecule has 0 unspecified atom stereocenters. The van der Waals surface area contributed by atoms with E-state index in [1.54, 1.807) is 12.1 Å². The number of sulfonamides is 1. The monoisotopic (exact) mass is 471 g/mol. The molecule has 3 rings (SSSR count). The van der Waals surface area contributed by atoms with E-state index in [0.717, 1.165) is 4.31 Å². The maximum Gasteiger partial charge on any atom is 0.243 e. The van der Waals surface area contributed by atoms with E-state index in [9.17, 15) is 25.3 Å². The van der Waals surface area contributed by atoms with Crippen LogP contribution in [0.4, 0.5) is 0 Å². The standard InChI is InChI=1S/C14H18BrNO6S3/c15-11-1-3-14(4-2-11)25(21,22)16(12-5-7-23(17,18)9-12)13-6-8-24(19,20)10-13/h1-4,12-13H,5-10H2/t12-,13-/m1/s1. The number of nitrogens with zero attached hydrogens (tertiary/aromatic N) is 1. The third-order valence-electron chi connectivity index (χ3n) is 4.53. The molecule has 2 aliphatic rings. The molecule has 1 aromatic rings. The normalized spacial score (nSPS) is 28.4. The van der Waals surface area contributed by atoms with Crippen LogP contribution in [0.1, 0.15) is 12.8 Å². The number of hydrogen-bond acceptors (Lipinski definition) is 6. The summed E-state index contributed by atoms with van der Waals surface area (Å²) in [5.74, 6) is -0.689. The zero-order chi connectivity index (χ0) is 18.5. The van der Waals surface area contributed by atoms with Crippen LogP contribution in [0.3, 0.4) is 0 Å². The highest BCUT2D eigenvalue weighted by Gasteiger charge is 2.45. The molecule has 2 fully saturated rings. The Kier molecular flexibility index (Phi) is 5.08. The third-order valence-corrected chi connectivity index (χ3v) is 10.6. The maximum atomic E-state index is 13.2. The van der Waals surface area contributed by atoms with Crippen molar-refractivity contribution in [2.75, 3.05) is 23.0 Å². The lowest BCUT2D eigenvalue weighted by Gasteiger charge is -2.32. The summed E-state index contributed by atoms with van der Waals surface area (Å²) in [6, 6.07) is 4.58. The van der Waals surface area contributed by atoms with Crippen LogP contribution < -0.4 is 0 Å². The zero-order valence-corrected chi connectivity index (χ0v) is 17.2. The number of rotatable bonds is 4. The summed E-state index contributed by atoms with van der Waals surface area (Å²) in [5, 5.41) is 0. The van der Waals surface area contributed by atoms with Crippen molar-refractivity contribution < 1.29 is 25.3 Å². The smallest absolute Gasteiger partial charge is 0.229 e. The first-order chi connectivity index (χ1) is 11.5. The van der Waals surface area contributed by atoms with E-state index in [-0.39, 0.29) is 40.7 Å². The maximum absolute atomic E-state index is 13.2. The van der Waals surface area contributed by atoms with Crippen molar-refractivity contribution in [3.05, 3.63) is 28.7 Å². The van der Waals surface area contributed by atoms with Crippen molar-refractivity contribution in [2.45, 2.75) is 29.8 Å². The van der Waals surface area contributed by atoms with Gasteiger partial charge in [0, 0.05) is 16.6 Å². The summed E-state index contributed by atoms with van der Waals surface area (Å²) in [4.78, 5) is 0.0318. The highest BCUT2D eigenvalue weighted by Crippen LogP contribution is 2.31. The third kappa shape index (κ3) is 4.10. The second kappa shape index (κ2) is 6.59. The van der Waals surface area contributed by atoms with Gasteiger partial charge in [0.15, 0.2) is 19.7 Å². The van der Waals surface area contributed by atoms with Gasteiger partial charge in [-0.3, -0.25) is 0 Å². The van der Waals surface area contributed by atoms with Gasteiger partial charge in [-0.15, -0.1) is 0 Å². The first-order valence-electron chi connectivity index (χ1n) is 7.70. The lowest BCUT2D eigenvalue weighted by atomic mass is 10.2. The molecule has 0 amide bonds. The molecule has 0 aliphatic carbocycles. The van der Waals surface area contributed by atoms with Gasteiger partial charge in [-0.25, -0.2) is 25.3 Å². The first kappa shape index (κ1) is 19.3. The molecular weight excluding hydrogens is 454 g/mol. The number of sulfone groups is 2. The first-order valence-corrected chi connectivity index (χ1v) is 13.6. The van der Waals surface area contributed by atoms with Gasteiger partial charge >= 0.3 is 0 Å². The predicted octanol–water partition coefficient (Wildman–Crippen LogP) is 0.814. The predicted molar refractivity (Wildman–Crippen MR) is 97.3 cm³/mol.